The Morgan fingerprint density at radius 1 is 1.18 bits per heavy atom. The molecule has 2 heterocycles. The summed E-state index contributed by atoms with van der Waals surface area (Å²) in [6, 6.07) is 10.2. The molecule has 0 aliphatic heterocycles. The van der Waals surface area contributed by atoms with Crippen molar-refractivity contribution in [3.63, 3.8) is 0 Å². The Morgan fingerprint density at radius 2 is 2.06 bits per heavy atom. The quantitative estimate of drug-likeness (QED) is 0.668. The molecule has 0 aliphatic carbocycles. The van der Waals surface area contributed by atoms with Gasteiger partial charge >= 0.3 is 5.63 Å². The van der Waals surface area contributed by atoms with Gasteiger partial charge in [0.2, 0.25) is 0 Å². The van der Waals surface area contributed by atoms with Gasteiger partial charge in [0.15, 0.2) is 0 Å². The molecule has 3 rings (SSSR count). The van der Waals surface area contributed by atoms with Crippen molar-refractivity contribution in [1.29, 1.82) is 0 Å². The normalized spacial score (nSPS) is 10.8. The number of phenols is 1. The maximum absolute atomic E-state index is 11.8. The second-order valence-corrected chi connectivity index (χ2v) is 4.59. The van der Waals surface area contributed by atoms with Gasteiger partial charge in [0.25, 0.3) is 0 Å². The van der Waals surface area contributed by atoms with Crippen molar-refractivity contribution in [2.75, 3.05) is 0 Å². The first-order chi connectivity index (χ1) is 8.24. The number of aromatic hydroxyl groups is 1. The predicted octanol–water partition coefficient (Wildman–Crippen LogP) is 3.23. The van der Waals surface area contributed by atoms with E-state index in [-0.39, 0.29) is 11.4 Å². The SMILES string of the molecule is O=c1oc2ccc(O)cc2cc1-c1cccs1. The summed E-state index contributed by atoms with van der Waals surface area (Å²) in [5, 5.41) is 12.0. The van der Waals surface area contributed by atoms with Crippen molar-refractivity contribution in [1.82, 2.24) is 0 Å². The summed E-state index contributed by atoms with van der Waals surface area (Å²) in [5.74, 6) is 0.156. The van der Waals surface area contributed by atoms with E-state index in [9.17, 15) is 9.90 Å². The van der Waals surface area contributed by atoms with Crippen LogP contribution in [-0.2, 0) is 0 Å². The van der Waals surface area contributed by atoms with E-state index in [1.165, 1.54) is 17.4 Å². The van der Waals surface area contributed by atoms with E-state index < -0.39 is 0 Å². The Labute approximate surface area is 101 Å². The molecule has 0 radical (unpaired) electrons. The van der Waals surface area contributed by atoms with E-state index in [0.717, 1.165) is 4.88 Å². The smallest absolute Gasteiger partial charge is 0.345 e. The van der Waals surface area contributed by atoms with Gasteiger partial charge in [-0.15, -0.1) is 11.3 Å². The number of hydrogen-bond acceptors (Lipinski definition) is 4. The second-order valence-electron chi connectivity index (χ2n) is 3.65. The molecule has 0 aliphatic rings. The van der Waals surface area contributed by atoms with Gasteiger partial charge in [-0.25, -0.2) is 4.79 Å². The van der Waals surface area contributed by atoms with Crippen LogP contribution in [0.15, 0.2) is 51.0 Å². The molecule has 0 spiro atoms. The zero-order valence-corrected chi connectivity index (χ0v) is 9.53. The van der Waals surface area contributed by atoms with Crippen LogP contribution in [0.3, 0.4) is 0 Å². The molecule has 4 heteroatoms. The lowest BCUT2D eigenvalue weighted by Gasteiger charge is -2.00. The van der Waals surface area contributed by atoms with Crippen LogP contribution in [0.1, 0.15) is 0 Å². The maximum atomic E-state index is 11.8. The monoisotopic (exact) mass is 244 g/mol. The minimum absolute atomic E-state index is 0.156. The van der Waals surface area contributed by atoms with E-state index in [4.69, 9.17) is 4.42 Å². The molecule has 17 heavy (non-hydrogen) atoms. The fourth-order valence-electron chi connectivity index (χ4n) is 1.71. The van der Waals surface area contributed by atoms with Crippen molar-refractivity contribution in [2.45, 2.75) is 0 Å². The Balaban J connectivity index is 2.33. The summed E-state index contributed by atoms with van der Waals surface area (Å²) in [7, 11) is 0. The van der Waals surface area contributed by atoms with Crippen LogP contribution in [0.2, 0.25) is 0 Å². The lowest BCUT2D eigenvalue weighted by molar-refractivity contribution is 0.475. The van der Waals surface area contributed by atoms with E-state index in [1.54, 1.807) is 18.2 Å². The van der Waals surface area contributed by atoms with E-state index in [1.807, 2.05) is 17.5 Å². The first kappa shape index (κ1) is 10.1. The minimum atomic E-state index is -0.356. The number of phenolic OH excluding ortho intramolecular Hbond substituents is 1. The number of fused-ring (bicyclic) bond motifs is 1. The first-order valence-electron chi connectivity index (χ1n) is 5.05. The Bertz CT molecular complexity index is 726. The van der Waals surface area contributed by atoms with Crippen molar-refractivity contribution in [3.05, 3.63) is 52.2 Å². The van der Waals surface area contributed by atoms with E-state index >= 15 is 0 Å². The highest BCUT2D eigenvalue weighted by molar-refractivity contribution is 7.13. The van der Waals surface area contributed by atoms with Gasteiger partial charge in [-0.05, 0) is 35.7 Å². The lowest BCUT2D eigenvalue weighted by Crippen LogP contribution is -2.01. The number of rotatable bonds is 1. The summed E-state index contributed by atoms with van der Waals surface area (Å²) < 4.78 is 5.21. The third-order valence-corrected chi connectivity index (χ3v) is 3.41. The van der Waals surface area contributed by atoms with Gasteiger partial charge in [0.05, 0.1) is 5.56 Å². The molecule has 0 unspecified atom stereocenters. The highest BCUT2D eigenvalue weighted by Gasteiger charge is 2.08. The first-order valence-corrected chi connectivity index (χ1v) is 5.93. The summed E-state index contributed by atoms with van der Waals surface area (Å²) in [5.41, 5.74) is 0.650. The third-order valence-electron chi connectivity index (χ3n) is 2.50. The second kappa shape index (κ2) is 3.75. The van der Waals surface area contributed by atoms with Crippen LogP contribution in [0, 0.1) is 0 Å². The van der Waals surface area contributed by atoms with Gasteiger partial charge in [-0.1, -0.05) is 6.07 Å². The van der Waals surface area contributed by atoms with Crippen molar-refractivity contribution >= 4 is 22.3 Å². The van der Waals surface area contributed by atoms with Gasteiger partial charge in [0.1, 0.15) is 11.3 Å². The molecule has 84 valence electrons. The molecule has 1 N–H and O–H groups in total. The highest BCUT2D eigenvalue weighted by atomic mass is 32.1. The zero-order chi connectivity index (χ0) is 11.8. The highest BCUT2D eigenvalue weighted by Crippen LogP contribution is 2.26. The third kappa shape index (κ3) is 1.72. The molecule has 0 saturated carbocycles. The maximum Gasteiger partial charge on any atom is 0.345 e. The standard InChI is InChI=1S/C13H8O3S/c14-9-3-4-11-8(6-9)7-10(13(15)16-11)12-2-1-5-17-12/h1-7,14H. The predicted molar refractivity (Wildman–Crippen MR) is 67.5 cm³/mol. The van der Waals surface area contributed by atoms with E-state index in [2.05, 4.69) is 0 Å². The van der Waals surface area contributed by atoms with Crippen LogP contribution >= 0.6 is 11.3 Å². The summed E-state index contributed by atoms with van der Waals surface area (Å²) >= 11 is 1.48. The average Bonchev–Trinajstić information content (AvgIpc) is 2.82. The largest absolute Gasteiger partial charge is 0.508 e. The van der Waals surface area contributed by atoms with Gasteiger partial charge in [0, 0.05) is 10.3 Å². The van der Waals surface area contributed by atoms with Crippen molar-refractivity contribution in [3.8, 4) is 16.2 Å². The van der Waals surface area contributed by atoms with Crippen LogP contribution in [0.5, 0.6) is 5.75 Å². The van der Waals surface area contributed by atoms with Crippen molar-refractivity contribution < 1.29 is 9.52 Å². The molecule has 0 amide bonds. The Kier molecular flexibility index (Phi) is 2.23. The number of benzene rings is 1. The van der Waals surface area contributed by atoms with Crippen LogP contribution < -0.4 is 5.63 Å². The molecule has 3 aromatic rings. The molecule has 3 nitrogen and oxygen atoms in total. The topological polar surface area (TPSA) is 50.4 Å². The zero-order valence-electron chi connectivity index (χ0n) is 8.71. The van der Waals surface area contributed by atoms with Crippen LogP contribution in [0.25, 0.3) is 21.4 Å². The molecular formula is C13H8O3S. The van der Waals surface area contributed by atoms with Gasteiger partial charge in [-0.3, -0.25) is 0 Å². The lowest BCUT2D eigenvalue weighted by atomic mass is 10.1. The summed E-state index contributed by atoms with van der Waals surface area (Å²) in [6.45, 7) is 0. The molecule has 1 aromatic carbocycles. The number of thiophene rings is 1. The van der Waals surface area contributed by atoms with Crippen molar-refractivity contribution in [2.24, 2.45) is 0 Å². The number of hydrogen-bond donors (Lipinski definition) is 1. The summed E-state index contributed by atoms with van der Waals surface area (Å²) in [4.78, 5) is 12.7. The molecule has 0 bridgehead atoms. The molecule has 0 atom stereocenters. The molecule has 0 fully saturated rings. The van der Waals surface area contributed by atoms with Gasteiger partial charge in [-0.2, -0.15) is 0 Å². The van der Waals surface area contributed by atoms with Gasteiger partial charge < -0.3 is 9.52 Å². The van der Waals surface area contributed by atoms with Crippen LogP contribution in [0.4, 0.5) is 0 Å². The average molecular weight is 244 g/mol. The minimum Gasteiger partial charge on any atom is -0.508 e. The van der Waals surface area contributed by atoms with Crippen LogP contribution in [-0.4, -0.2) is 5.11 Å². The molecule has 0 saturated heterocycles. The Hall–Kier alpha value is -2.07. The van der Waals surface area contributed by atoms with E-state index in [0.29, 0.717) is 16.5 Å². The Morgan fingerprint density at radius 3 is 2.82 bits per heavy atom. The molecule has 2 aromatic heterocycles. The summed E-state index contributed by atoms with van der Waals surface area (Å²) in [6.07, 6.45) is 0. The fraction of sp³-hybridized carbons (Fsp3) is 0. The fourth-order valence-corrected chi connectivity index (χ4v) is 2.44. The molecular weight excluding hydrogens is 236 g/mol.